The highest BCUT2D eigenvalue weighted by Gasteiger charge is 2.36. The molecule has 0 saturated carbocycles. The summed E-state index contributed by atoms with van der Waals surface area (Å²) in [6, 6.07) is 6.57. The van der Waals surface area contributed by atoms with Gasteiger partial charge in [-0.1, -0.05) is 12.1 Å². The number of esters is 2. The predicted molar refractivity (Wildman–Crippen MR) is 94.1 cm³/mol. The normalized spacial score (nSPS) is 21.8. The van der Waals surface area contributed by atoms with Gasteiger partial charge in [-0.3, -0.25) is 0 Å². The molecule has 2 aliphatic heterocycles. The van der Waals surface area contributed by atoms with Crippen LogP contribution < -0.4 is 0 Å². The fraction of sp³-hybridized carbons (Fsp3) is 0.600. The van der Waals surface area contributed by atoms with Crippen molar-refractivity contribution in [1.29, 1.82) is 0 Å². The van der Waals surface area contributed by atoms with Gasteiger partial charge in [-0.15, -0.1) is 0 Å². The Hall–Kier alpha value is -1.92. The molecule has 0 aliphatic carbocycles. The van der Waals surface area contributed by atoms with E-state index in [-0.39, 0.29) is 23.3 Å². The smallest absolute Gasteiger partial charge is 0.339 e. The van der Waals surface area contributed by atoms with Crippen LogP contribution in [-0.2, 0) is 18.9 Å². The molecule has 0 N–H and O–H groups in total. The Labute approximate surface area is 153 Å². The van der Waals surface area contributed by atoms with Gasteiger partial charge in [0.05, 0.1) is 36.5 Å². The minimum Gasteiger partial charge on any atom is -0.456 e. The topological polar surface area (TPSA) is 77.7 Å². The monoisotopic (exact) mass is 362 g/mol. The number of carbonyl (C=O) groups is 2. The summed E-state index contributed by atoms with van der Waals surface area (Å²) < 4.78 is 21.7. The van der Waals surface area contributed by atoms with Gasteiger partial charge in [0.1, 0.15) is 11.2 Å². The summed E-state index contributed by atoms with van der Waals surface area (Å²) in [7, 11) is 0. The van der Waals surface area contributed by atoms with Gasteiger partial charge in [0, 0.05) is 12.8 Å². The number of hydrogen-bond acceptors (Lipinski definition) is 6. The predicted octanol–water partition coefficient (Wildman–Crippen LogP) is 3.14. The zero-order valence-corrected chi connectivity index (χ0v) is 15.7. The average Bonchev–Trinajstić information content (AvgIpc) is 3.43. The SMILES string of the molecule is CC(C)(CC1CO1)OC(=O)c1ccccc1C(=O)OC(C)(C)CC1CO1. The summed E-state index contributed by atoms with van der Waals surface area (Å²) in [5.41, 5.74) is -0.920. The molecular formula is C20H26O6. The molecular weight excluding hydrogens is 336 g/mol. The third kappa shape index (κ3) is 5.29. The van der Waals surface area contributed by atoms with Crippen LogP contribution in [0.15, 0.2) is 24.3 Å². The molecule has 2 saturated heterocycles. The van der Waals surface area contributed by atoms with E-state index in [0.29, 0.717) is 26.1 Å². The number of rotatable bonds is 8. The van der Waals surface area contributed by atoms with Crippen LogP contribution in [0.5, 0.6) is 0 Å². The quantitative estimate of drug-likeness (QED) is 0.522. The second kappa shape index (κ2) is 7.00. The molecule has 2 unspecified atom stereocenters. The van der Waals surface area contributed by atoms with Crippen molar-refractivity contribution in [3.05, 3.63) is 35.4 Å². The minimum atomic E-state index is -0.669. The molecule has 2 aliphatic rings. The lowest BCUT2D eigenvalue weighted by molar-refractivity contribution is -0.0121. The van der Waals surface area contributed by atoms with E-state index in [0.717, 1.165) is 0 Å². The summed E-state index contributed by atoms with van der Waals surface area (Å²) in [5.74, 6) is -1.07. The molecule has 26 heavy (non-hydrogen) atoms. The Morgan fingerprint density at radius 3 is 1.54 bits per heavy atom. The molecule has 2 atom stereocenters. The van der Waals surface area contributed by atoms with E-state index >= 15 is 0 Å². The van der Waals surface area contributed by atoms with Crippen LogP contribution in [0, 0.1) is 0 Å². The fourth-order valence-electron chi connectivity index (χ4n) is 3.00. The van der Waals surface area contributed by atoms with Crippen LogP contribution in [0.4, 0.5) is 0 Å². The molecule has 0 radical (unpaired) electrons. The van der Waals surface area contributed by atoms with Crippen LogP contribution in [0.25, 0.3) is 0 Å². The number of epoxide rings is 2. The van der Waals surface area contributed by atoms with Gasteiger partial charge in [0.25, 0.3) is 0 Å². The fourth-order valence-corrected chi connectivity index (χ4v) is 3.00. The molecule has 0 bridgehead atoms. The summed E-state index contributed by atoms with van der Waals surface area (Å²) in [5, 5.41) is 0. The van der Waals surface area contributed by atoms with Crippen molar-refractivity contribution in [2.24, 2.45) is 0 Å². The van der Waals surface area contributed by atoms with Crippen LogP contribution in [0.1, 0.15) is 61.3 Å². The Bertz CT molecular complexity index is 626. The number of carbonyl (C=O) groups excluding carboxylic acids is 2. The first-order chi connectivity index (χ1) is 12.2. The van der Waals surface area contributed by atoms with Gasteiger partial charge >= 0.3 is 11.9 Å². The average molecular weight is 362 g/mol. The van der Waals surface area contributed by atoms with Gasteiger partial charge in [0.2, 0.25) is 0 Å². The van der Waals surface area contributed by atoms with Crippen molar-refractivity contribution in [3.8, 4) is 0 Å². The summed E-state index contributed by atoms with van der Waals surface area (Å²) >= 11 is 0. The van der Waals surface area contributed by atoms with Gasteiger partial charge in [-0.2, -0.15) is 0 Å². The zero-order chi connectivity index (χ0) is 18.9. The summed E-state index contributed by atoms with van der Waals surface area (Å²) in [6.07, 6.45) is 1.53. The zero-order valence-electron chi connectivity index (χ0n) is 15.7. The van der Waals surface area contributed by atoms with E-state index in [9.17, 15) is 9.59 Å². The summed E-state index contributed by atoms with van der Waals surface area (Å²) in [6.45, 7) is 8.75. The molecule has 6 heteroatoms. The standard InChI is InChI=1S/C20H26O6/c1-19(2,9-13-11-23-13)25-17(21)15-7-5-6-8-16(15)18(22)26-20(3,4)10-14-12-24-14/h5-8,13-14H,9-12H2,1-4H3. The third-order valence-electron chi connectivity index (χ3n) is 4.35. The molecule has 1 aromatic rings. The van der Waals surface area contributed by atoms with Gasteiger partial charge < -0.3 is 18.9 Å². The lowest BCUT2D eigenvalue weighted by atomic mass is 10.0. The molecule has 6 nitrogen and oxygen atoms in total. The molecule has 3 rings (SSSR count). The maximum Gasteiger partial charge on any atom is 0.339 e. The van der Waals surface area contributed by atoms with E-state index in [1.54, 1.807) is 24.3 Å². The van der Waals surface area contributed by atoms with E-state index in [4.69, 9.17) is 18.9 Å². The van der Waals surface area contributed by atoms with Crippen molar-refractivity contribution in [2.75, 3.05) is 13.2 Å². The third-order valence-corrected chi connectivity index (χ3v) is 4.35. The number of benzene rings is 1. The molecule has 2 heterocycles. The largest absolute Gasteiger partial charge is 0.456 e. The van der Waals surface area contributed by atoms with Crippen LogP contribution in [0.3, 0.4) is 0 Å². The Kier molecular flexibility index (Phi) is 5.08. The molecule has 1 aromatic carbocycles. The maximum absolute atomic E-state index is 12.7. The molecule has 0 spiro atoms. The molecule has 0 aromatic heterocycles. The first-order valence-electron chi connectivity index (χ1n) is 8.94. The van der Waals surface area contributed by atoms with Crippen LogP contribution in [-0.4, -0.2) is 48.6 Å². The van der Waals surface area contributed by atoms with E-state index in [1.807, 2.05) is 27.7 Å². The second-order valence-corrected chi connectivity index (χ2v) is 8.16. The van der Waals surface area contributed by atoms with E-state index in [1.165, 1.54) is 0 Å². The number of hydrogen-bond donors (Lipinski definition) is 0. The molecule has 0 amide bonds. The van der Waals surface area contributed by atoms with E-state index in [2.05, 4.69) is 0 Å². The van der Waals surface area contributed by atoms with E-state index < -0.39 is 23.1 Å². The highest BCUT2D eigenvalue weighted by molar-refractivity contribution is 6.03. The Balaban J connectivity index is 1.70. The van der Waals surface area contributed by atoms with Crippen molar-refractivity contribution in [1.82, 2.24) is 0 Å². The number of ether oxygens (including phenoxy) is 4. The first kappa shape index (κ1) is 18.9. The van der Waals surface area contributed by atoms with Gasteiger partial charge in [-0.25, -0.2) is 9.59 Å². The van der Waals surface area contributed by atoms with Crippen LogP contribution >= 0.6 is 0 Å². The second-order valence-electron chi connectivity index (χ2n) is 8.16. The van der Waals surface area contributed by atoms with Crippen molar-refractivity contribution < 1.29 is 28.5 Å². The first-order valence-corrected chi connectivity index (χ1v) is 8.94. The Morgan fingerprint density at radius 1 is 0.885 bits per heavy atom. The van der Waals surface area contributed by atoms with Crippen molar-refractivity contribution in [2.45, 2.75) is 63.9 Å². The lowest BCUT2D eigenvalue weighted by Crippen LogP contribution is -2.32. The summed E-state index contributed by atoms with van der Waals surface area (Å²) in [4.78, 5) is 25.3. The molecule has 2 fully saturated rings. The van der Waals surface area contributed by atoms with Gasteiger partial charge in [0.15, 0.2) is 0 Å². The highest BCUT2D eigenvalue weighted by Crippen LogP contribution is 2.28. The highest BCUT2D eigenvalue weighted by atomic mass is 16.6. The van der Waals surface area contributed by atoms with Crippen LogP contribution in [0.2, 0.25) is 0 Å². The lowest BCUT2D eigenvalue weighted by Gasteiger charge is -2.26. The van der Waals surface area contributed by atoms with Crippen molar-refractivity contribution in [3.63, 3.8) is 0 Å². The van der Waals surface area contributed by atoms with Crippen molar-refractivity contribution >= 4 is 11.9 Å². The Morgan fingerprint density at radius 2 is 1.23 bits per heavy atom. The minimum absolute atomic E-state index is 0.142. The molecule has 142 valence electrons. The van der Waals surface area contributed by atoms with Gasteiger partial charge in [-0.05, 0) is 39.8 Å². The maximum atomic E-state index is 12.7.